The molecular weight excluding hydrogens is 660 g/mol. The average Bonchev–Trinajstić information content (AvgIpc) is 3.57. The maximum atomic E-state index is 13.4. The highest BCUT2D eigenvalue weighted by atomic mass is 16.6. The molecule has 3 aliphatic heterocycles. The summed E-state index contributed by atoms with van der Waals surface area (Å²) >= 11 is 0. The van der Waals surface area contributed by atoms with Crippen molar-refractivity contribution in [1.82, 2.24) is 10.2 Å². The van der Waals surface area contributed by atoms with E-state index in [-0.39, 0.29) is 58.1 Å². The van der Waals surface area contributed by atoms with Gasteiger partial charge in [-0.2, -0.15) is 0 Å². The van der Waals surface area contributed by atoms with E-state index in [0.717, 1.165) is 0 Å². The van der Waals surface area contributed by atoms with E-state index < -0.39 is 29.5 Å². The first-order chi connectivity index (χ1) is 24.5. The SMILES string of the molecule is O=C(CCCCCC(NC(=O)c1ccc2c(c1)C1(OC2=O)c2ccc(O)cc2Oc2cc(O)ccc21)C(=O)O)CCCCCN1C(=O)C=CC1=O. The molecule has 3 aromatic carbocycles. The van der Waals surface area contributed by atoms with E-state index in [4.69, 9.17) is 9.47 Å². The van der Waals surface area contributed by atoms with Crippen molar-refractivity contribution < 1.29 is 53.6 Å². The van der Waals surface area contributed by atoms with Crippen molar-refractivity contribution in [3.8, 4) is 23.0 Å². The number of carbonyl (C=O) groups is 6. The van der Waals surface area contributed by atoms with E-state index in [2.05, 4.69) is 5.32 Å². The number of imide groups is 1. The number of amides is 3. The fourth-order valence-corrected chi connectivity index (χ4v) is 6.73. The number of phenolic OH excluding ortho intramolecular Hbond substituents is 2. The highest BCUT2D eigenvalue weighted by molar-refractivity contribution is 6.12. The minimum Gasteiger partial charge on any atom is -0.508 e. The van der Waals surface area contributed by atoms with Crippen molar-refractivity contribution in [2.24, 2.45) is 0 Å². The van der Waals surface area contributed by atoms with Crippen LogP contribution in [0.3, 0.4) is 0 Å². The number of hydrogen-bond acceptors (Lipinski definition) is 10. The Bertz CT molecular complexity index is 1900. The second kappa shape index (κ2) is 14.5. The molecule has 264 valence electrons. The number of unbranched alkanes of at least 4 members (excludes halogenated alkanes) is 4. The maximum Gasteiger partial charge on any atom is 0.340 e. The number of ketones is 1. The molecule has 13 heteroatoms. The molecule has 3 amide bonds. The van der Waals surface area contributed by atoms with Gasteiger partial charge in [-0.15, -0.1) is 0 Å². The summed E-state index contributed by atoms with van der Waals surface area (Å²) in [7, 11) is 0. The lowest BCUT2D eigenvalue weighted by Crippen LogP contribution is -2.41. The molecule has 1 unspecified atom stereocenters. The fourth-order valence-electron chi connectivity index (χ4n) is 6.73. The lowest BCUT2D eigenvalue weighted by molar-refractivity contribution is -0.139. The second-order valence-electron chi connectivity index (χ2n) is 12.8. The Morgan fingerprint density at radius 3 is 1.96 bits per heavy atom. The minimum absolute atomic E-state index is 0.0886. The molecule has 0 saturated heterocycles. The van der Waals surface area contributed by atoms with E-state index in [1.807, 2.05) is 0 Å². The van der Waals surface area contributed by atoms with Crippen LogP contribution in [0.1, 0.15) is 95.2 Å². The van der Waals surface area contributed by atoms with Crippen LogP contribution in [-0.2, 0) is 29.5 Å². The number of Topliss-reactive ketones (excluding diaryl/α,β-unsaturated/α-hetero) is 1. The highest BCUT2D eigenvalue weighted by Crippen LogP contribution is 2.57. The van der Waals surface area contributed by atoms with Crippen molar-refractivity contribution >= 4 is 35.4 Å². The van der Waals surface area contributed by atoms with Gasteiger partial charge in [0, 0.05) is 65.9 Å². The van der Waals surface area contributed by atoms with Crippen LogP contribution in [-0.4, -0.2) is 68.2 Å². The summed E-state index contributed by atoms with van der Waals surface area (Å²) in [5.74, 6) is -2.93. The van der Waals surface area contributed by atoms with Crippen LogP contribution in [0.4, 0.5) is 0 Å². The number of phenols is 2. The van der Waals surface area contributed by atoms with Crippen molar-refractivity contribution in [2.45, 2.75) is 69.4 Å². The van der Waals surface area contributed by atoms with Gasteiger partial charge in [-0.25, -0.2) is 9.59 Å². The van der Waals surface area contributed by atoms with Gasteiger partial charge >= 0.3 is 11.9 Å². The van der Waals surface area contributed by atoms with Crippen LogP contribution in [0, 0.1) is 0 Å². The molecule has 13 nitrogen and oxygen atoms in total. The Labute approximate surface area is 292 Å². The molecule has 6 rings (SSSR count). The van der Waals surface area contributed by atoms with Crippen molar-refractivity contribution in [3.05, 3.63) is 94.6 Å². The number of nitrogens with zero attached hydrogens (tertiary/aromatic N) is 1. The molecule has 4 N–H and O–H groups in total. The summed E-state index contributed by atoms with van der Waals surface area (Å²) < 4.78 is 12.0. The van der Waals surface area contributed by atoms with Crippen LogP contribution in [0.5, 0.6) is 23.0 Å². The quantitative estimate of drug-likeness (QED) is 0.0963. The zero-order valence-corrected chi connectivity index (χ0v) is 27.6. The van der Waals surface area contributed by atoms with Crippen LogP contribution >= 0.6 is 0 Å². The van der Waals surface area contributed by atoms with E-state index in [9.17, 15) is 44.1 Å². The number of fused-ring (bicyclic) bond motifs is 6. The normalized spacial score (nSPS) is 15.5. The maximum absolute atomic E-state index is 13.4. The first kappa shape index (κ1) is 34.9. The third kappa shape index (κ3) is 7.05. The molecule has 1 spiro atoms. The number of aliphatic carboxylic acids is 1. The molecule has 0 radical (unpaired) electrons. The number of aromatic hydroxyl groups is 2. The Morgan fingerprint density at radius 2 is 1.35 bits per heavy atom. The van der Waals surface area contributed by atoms with Gasteiger partial charge in [-0.1, -0.05) is 19.3 Å². The number of carboxylic acid groups (broad SMARTS) is 1. The van der Waals surface area contributed by atoms with Gasteiger partial charge in [-0.05, 0) is 68.1 Å². The van der Waals surface area contributed by atoms with Crippen molar-refractivity contribution in [2.75, 3.05) is 6.54 Å². The number of benzene rings is 3. The van der Waals surface area contributed by atoms with Crippen LogP contribution in [0.15, 0.2) is 66.7 Å². The zero-order valence-electron chi connectivity index (χ0n) is 27.6. The number of ether oxygens (including phenoxy) is 2. The Balaban J connectivity index is 1.05. The third-order valence-electron chi connectivity index (χ3n) is 9.33. The standard InChI is InChI=1S/C38H36N2O11/c41-23(8-4-2-6-18-40-33(44)16-17-34(40)45)7-3-1-5-9-30(36(47)48)39-35(46)22-10-13-26-29(19-22)38(51-37(26)49)27-14-11-24(42)20-31(27)50-32-21-25(43)12-15-28(32)38/h10-17,19-21,30,42-43H,1-9,18H2,(H,39,46)(H,47,48). The summed E-state index contributed by atoms with van der Waals surface area (Å²) in [6.07, 6.45) is 6.98. The van der Waals surface area contributed by atoms with Gasteiger partial charge in [0.05, 0.1) is 5.56 Å². The van der Waals surface area contributed by atoms with Crippen molar-refractivity contribution in [1.29, 1.82) is 0 Å². The Kier molecular flexibility index (Phi) is 9.90. The molecular formula is C38H36N2O11. The summed E-state index contributed by atoms with van der Waals surface area (Å²) in [5.41, 5.74) is -0.225. The smallest absolute Gasteiger partial charge is 0.340 e. The summed E-state index contributed by atoms with van der Waals surface area (Å²) in [4.78, 5) is 75.4. The fraction of sp³-hybridized carbons (Fsp3) is 0.316. The third-order valence-corrected chi connectivity index (χ3v) is 9.33. The first-order valence-corrected chi connectivity index (χ1v) is 16.8. The number of carboxylic acids is 1. The van der Waals surface area contributed by atoms with E-state index >= 15 is 0 Å². The Morgan fingerprint density at radius 1 is 0.745 bits per heavy atom. The zero-order chi connectivity index (χ0) is 36.3. The van der Waals surface area contributed by atoms with Gasteiger partial charge in [0.1, 0.15) is 34.8 Å². The lowest BCUT2D eigenvalue weighted by atomic mass is 9.77. The molecule has 3 aliphatic rings. The number of carbonyl (C=O) groups excluding carboxylic acids is 5. The molecule has 3 aromatic rings. The van der Waals surface area contributed by atoms with Gasteiger partial charge in [0.25, 0.3) is 17.7 Å². The van der Waals surface area contributed by atoms with Crippen molar-refractivity contribution in [3.63, 3.8) is 0 Å². The molecule has 0 aliphatic carbocycles. The minimum atomic E-state index is -1.58. The molecule has 0 fully saturated rings. The van der Waals surface area contributed by atoms with Gasteiger partial charge in [-0.3, -0.25) is 24.1 Å². The van der Waals surface area contributed by atoms with E-state index in [1.165, 1.54) is 59.5 Å². The van der Waals surface area contributed by atoms with E-state index in [0.29, 0.717) is 74.6 Å². The summed E-state index contributed by atoms with van der Waals surface area (Å²) in [6.45, 7) is 0.332. The number of hydrogen-bond donors (Lipinski definition) is 4. The summed E-state index contributed by atoms with van der Waals surface area (Å²) in [5, 5.41) is 32.7. The monoisotopic (exact) mass is 696 g/mol. The lowest BCUT2D eigenvalue weighted by Gasteiger charge is -2.36. The number of rotatable bonds is 15. The molecule has 1 atom stereocenters. The number of esters is 1. The Hall–Kier alpha value is -5.98. The van der Waals surface area contributed by atoms with Gasteiger partial charge < -0.3 is 30.1 Å². The predicted molar refractivity (Wildman–Crippen MR) is 179 cm³/mol. The van der Waals surface area contributed by atoms with Crippen LogP contribution < -0.4 is 10.1 Å². The molecule has 3 heterocycles. The van der Waals surface area contributed by atoms with Gasteiger partial charge in [0.15, 0.2) is 5.60 Å². The molecule has 51 heavy (non-hydrogen) atoms. The molecule has 0 aromatic heterocycles. The highest BCUT2D eigenvalue weighted by Gasteiger charge is 2.54. The number of nitrogens with one attached hydrogen (secondary N) is 1. The first-order valence-electron chi connectivity index (χ1n) is 16.8. The van der Waals surface area contributed by atoms with Gasteiger partial charge in [0.2, 0.25) is 0 Å². The van der Waals surface area contributed by atoms with E-state index in [1.54, 1.807) is 12.1 Å². The molecule has 0 bridgehead atoms. The largest absolute Gasteiger partial charge is 0.508 e. The second-order valence-corrected chi connectivity index (χ2v) is 12.8. The molecule has 0 saturated carbocycles. The average molecular weight is 697 g/mol. The van der Waals surface area contributed by atoms with Crippen LogP contribution in [0.2, 0.25) is 0 Å². The predicted octanol–water partition coefficient (Wildman–Crippen LogP) is 4.85. The topological polar surface area (TPSA) is 197 Å². The van der Waals surface area contributed by atoms with Crippen LogP contribution in [0.25, 0.3) is 0 Å². The summed E-state index contributed by atoms with van der Waals surface area (Å²) in [6, 6.07) is 11.8.